The fourth-order valence-electron chi connectivity index (χ4n) is 3.64. The molecule has 2 unspecified atom stereocenters. The van der Waals surface area contributed by atoms with E-state index in [-0.39, 0.29) is 0 Å². The Kier molecular flexibility index (Phi) is 3.91. The van der Waals surface area contributed by atoms with E-state index in [0.29, 0.717) is 17.5 Å². The molecule has 1 fully saturated rings. The summed E-state index contributed by atoms with van der Waals surface area (Å²) in [6.07, 6.45) is 6.74. The van der Waals surface area contributed by atoms with Crippen LogP contribution in [0.3, 0.4) is 0 Å². The Morgan fingerprint density at radius 1 is 1.21 bits per heavy atom. The van der Waals surface area contributed by atoms with E-state index in [2.05, 4.69) is 43.4 Å². The van der Waals surface area contributed by atoms with Gasteiger partial charge in [-0.15, -0.1) is 11.8 Å². The molecule has 3 rings (SSSR count). The topological polar surface area (TPSA) is 12.0 Å². The summed E-state index contributed by atoms with van der Waals surface area (Å²) in [4.78, 5) is 1.49. The Morgan fingerprint density at radius 3 is 2.89 bits per heavy atom. The normalized spacial score (nSPS) is 29.8. The Bertz CT molecular complexity index is 441. The maximum Gasteiger partial charge on any atom is 0.0341 e. The predicted molar refractivity (Wildman–Crippen MR) is 83.7 cm³/mol. The monoisotopic (exact) mass is 275 g/mol. The predicted octanol–water partition coefficient (Wildman–Crippen LogP) is 4.78. The molecule has 1 saturated carbocycles. The van der Waals surface area contributed by atoms with E-state index in [1.165, 1.54) is 48.3 Å². The van der Waals surface area contributed by atoms with Gasteiger partial charge >= 0.3 is 0 Å². The number of benzene rings is 1. The molecular weight excluding hydrogens is 250 g/mol. The molecule has 0 amide bonds. The van der Waals surface area contributed by atoms with E-state index in [0.717, 1.165) is 0 Å². The second-order valence-corrected chi connectivity index (χ2v) is 7.99. The van der Waals surface area contributed by atoms with Crippen molar-refractivity contribution in [3.8, 4) is 0 Å². The number of nitrogens with one attached hydrogen (secondary N) is 1. The first-order chi connectivity index (χ1) is 9.14. The van der Waals surface area contributed by atoms with Crippen LogP contribution in [0.25, 0.3) is 0 Å². The van der Waals surface area contributed by atoms with E-state index in [1.807, 2.05) is 11.8 Å². The molecule has 0 radical (unpaired) electrons. The van der Waals surface area contributed by atoms with Crippen LogP contribution in [0.5, 0.6) is 0 Å². The zero-order valence-corrected chi connectivity index (χ0v) is 12.9. The highest BCUT2D eigenvalue weighted by Gasteiger charge is 2.30. The highest BCUT2D eigenvalue weighted by Crippen LogP contribution is 2.39. The van der Waals surface area contributed by atoms with Crippen molar-refractivity contribution in [1.82, 2.24) is 5.32 Å². The first-order valence-electron chi connectivity index (χ1n) is 7.62. The van der Waals surface area contributed by atoms with Crippen molar-refractivity contribution >= 4 is 11.8 Å². The Hall–Kier alpha value is -0.470. The zero-order valence-electron chi connectivity index (χ0n) is 12.1. The van der Waals surface area contributed by atoms with E-state index in [9.17, 15) is 0 Å². The van der Waals surface area contributed by atoms with Crippen molar-refractivity contribution in [2.45, 2.75) is 62.9 Å². The molecule has 0 bridgehead atoms. The van der Waals surface area contributed by atoms with Gasteiger partial charge in [0, 0.05) is 17.0 Å². The van der Waals surface area contributed by atoms with Crippen molar-refractivity contribution in [2.24, 2.45) is 5.41 Å². The Morgan fingerprint density at radius 2 is 2.05 bits per heavy atom. The van der Waals surface area contributed by atoms with E-state index < -0.39 is 0 Å². The first-order valence-corrected chi connectivity index (χ1v) is 8.60. The van der Waals surface area contributed by atoms with E-state index in [4.69, 9.17) is 0 Å². The molecule has 2 aliphatic rings. The Labute approximate surface area is 121 Å². The van der Waals surface area contributed by atoms with Gasteiger partial charge in [0.2, 0.25) is 0 Å². The van der Waals surface area contributed by atoms with E-state index in [1.54, 1.807) is 0 Å². The molecule has 0 spiro atoms. The van der Waals surface area contributed by atoms with Crippen molar-refractivity contribution in [3.05, 3.63) is 29.8 Å². The molecule has 1 heterocycles. The molecule has 2 atom stereocenters. The van der Waals surface area contributed by atoms with Gasteiger partial charge in [-0.25, -0.2) is 0 Å². The molecular formula is C17H25NS. The van der Waals surface area contributed by atoms with Crippen LogP contribution in [-0.2, 0) is 0 Å². The van der Waals surface area contributed by atoms with Crippen molar-refractivity contribution in [2.75, 3.05) is 5.75 Å². The van der Waals surface area contributed by atoms with Gasteiger partial charge in [-0.3, -0.25) is 0 Å². The highest BCUT2D eigenvalue weighted by molar-refractivity contribution is 7.99. The number of fused-ring (bicyclic) bond motifs is 1. The average Bonchev–Trinajstić information content (AvgIpc) is 2.38. The van der Waals surface area contributed by atoms with Gasteiger partial charge in [-0.05, 0) is 48.5 Å². The molecule has 0 saturated heterocycles. The summed E-state index contributed by atoms with van der Waals surface area (Å²) in [5.41, 5.74) is 2.06. The Balaban J connectivity index is 1.71. The molecule has 1 aromatic rings. The molecule has 1 aromatic carbocycles. The largest absolute Gasteiger partial charge is 0.307 e. The fraction of sp³-hybridized carbons (Fsp3) is 0.647. The highest BCUT2D eigenvalue weighted by atomic mass is 32.2. The van der Waals surface area contributed by atoms with Crippen LogP contribution in [0.15, 0.2) is 29.2 Å². The summed E-state index contributed by atoms with van der Waals surface area (Å²) >= 11 is 2.01. The van der Waals surface area contributed by atoms with Crippen LogP contribution >= 0.6 is 11.8 Å². The number of thioether (sulfide) groups is 1. The lowest BCUT2D eigenvalue weighted by atomic mass is 9.75. The van der Waals surface area contributed by atoms with Gasteiger partial charge in [0.25, 0.3) is 0 Å². The lowest BCUT2D eigenvalue weighted by Crippen LogP contribution is -2.40. The van der Waals surface area contributed by atoms with Crippen molar-refractivity contribution in [3.63, 3.8) is 0 Å². The van der Waals surface area contributed by atoms with Crippen LogP contribution in [0, 0.1) is 5.41 Å². The van der Waals surface area contributed by atoms with Crippen LogP contribution in [-0.4, -0.2) is 11.8 Å². The lowest BCUT2D eigenvalue weighted by molar-refractivity contribution is 0.187. The van der Waals surface area contributed by atoms with Crippen molar-refractivity contribution < 1.29 is 0 Å². The van der Waals surface area contributed by atoms with E-state index >= 15 is 0 Å². The van der Waals surface area contributed by atoms with Gasteiger partial charge in [0.05, 0.1) is 0 Å². The summed E-state index contributed by atoms with van der Waals surface area (Å²) in [6.45, 7) is 4.84. The van der Waals surface area contributed by atoms with Crippen LogP contribution < -0.4 is 5.32 Å². The summed E-state index contributed by atoms with van der Waals surface area (Å²) in [7, 11) is 0. The average molecular weight is 275 g/mol. The summed E-state index contributed by atoms with van der Waals surface area (Å²) in [5.74, 6) is 1.25. The summed E-state index contributed by atoms with van der Waals surface area (Å²) in [5, 5.41) is 3.96. The van der Waals surface area contributed by atoms with Gasteiger partial charge in [-0.2, -0.15) is 0 Å². The zero-order chi connectivity index (χ0) is 13.3. The first kappa shape index (κ1) is 13.5. The van der Waals surface area contributed by atoms with Gasteiger partial charge in [0.15, 0.2) is 0 Å². The summed E-state index contributed by atoms with van der Waals surface area (Å²) in [6, 6.07) is 10.2. The molecule has 0 aromatic heterocycles. The number of rotatable bonds is 2. The molecule has 1 nitrogen and oxygen atoms in total. The molecule has 19 heavy (non-hydrogen) atoms. The van der Waals surface area contributed by atoms with Crippen LogP contribution in [0.4, 0.5) is 0 Å². The minimum absolute atomic E-state index is 0.527. The SMILES string of the molecule is CC1(C)CCCC(NC2CCSc3ccccc32)C1. The molecule has 1 aliphatic carbocycles. The molecule has 1 N–H and O–H groups in total. The minimum Gasteiger partial charge on any atom is -0.307 e. The second kappa shape index (κ2) is 5.49. The van der Waals surface area contributed by atoms with Crippen LogP contribution in [0.2, 0.25) is 0 Å². The van der Waals surface area contributed by atoms with Gasteiger partial charge < -0.3 is 5.32 Å². The van der Waals surface area contributed by atoms with Gasteiger partial charge in [-0.1, -0.05) is 38.5 Å². The van der Waals surface area contributed by atoms with Crippen LogP contribution in [0.1, 0.15) is 57.6 Å². The lowest BCUT2D eigenvalue weighted by Gasteiger charge is -2.38. The maximum atomic E-state index is 3.96. The molecule has 2 heteroatoms. The molecule has 1 aliphatic heterocycles. The second-order valence-electron chi connectivity index (χ2n) is 6.85. The number of hydrogen-bond donors (Lipinski definition) is 1. The third-order valence-electron chi connectivity index (χ3n) is 4.60. The molecule has 104 valence electrons. The number of hydrogen-bond acceptors (Lipinski definition) is 2. The third kappa shape index (κ3) is 3.17. The van der Waals surface area contributed by atoms with Crippen molar-refractivity contribution in [1.29, 1.82) is 0 Å². The van der Waals surface area contributed by atoms with Gasteiger partial charge in [0.1, 0.15) is 0 Å². The quantitative estimate of drug-likeness (QED) is 0.833. The fourth-order valence-corrected chi connectivity index (χ4v) is 4.77. The minimum atomic E-state index is 0.527. The maximum absolute atomic E-state index is 3.96. The third-order valence-corrected chi connectivity index (χ3v) is 5.72. The smallest absolute Gasteiger partial charge is 0.0341 e. The standard InChI is InChI=1S/C17H25NS/c1-17(2)10-5-6-13(12-17)18-15-9-11-19-16-8-4-3-7-14(15)16/h3-4,7-8,13,15,18H,5-6,9-12H2,1-2H3. The summed E-state index contributed by atoms with van der Waals surface area (Å²) < 4.78 is 0.